The number of ether oxygens (including phenoxy) is 1. The molecule has 1 aromatic rings. The van der Waals surface area contributed by atoms with Gasteiger partial charge >= 0.3 is 0 Å². The summed E-state index contributed by atoms with van der Waals surface area (Å²) < 4.78 is 5.21. The lowest BCUT2D eigenvalue weighted by molar-refractivity contribution is -0.385. The van der Waals surface area contributed by atoms with Crippen LogP contribution in [-0.2, 0) is 0 Å². The monoisotopic (exact) mass is 256 g/mol. The van der Waals surface area contributed by atoms with Crippen molar-refractivity contribution in [2.24, 2.45) is 0 Å². The number of halogens is 1. The molecule has 1 aromatic carbocycles. The molecule has 0 aromatic heterocycles. The smallest absolute Gasteiger partial charge is 0.287 e. The maximum Gasteiger partial charge on any atom is 0.287 e. The average Bonchev–Trinajstić information content (AvgIpc) is 2.16. The van der Waals surface area contributed by atoms with E-state index >= 15 is 0 Å². The van der Waals surface area contributed by atoms with Gasteiger partial charge in [-0.2, -0.15) is 5.26 Å². The average molecular weight is 257 g/mol. The summed E-state index contributed by atoms with van der Waals surface area (Å²) >= 11 is 3.04. The van der Waals surface area contributed by atoms with Crippen LogP contribution in [0.1, 0.15) is 0 Å². The van der Waals surface area contributed by atoms with E-state index in [0.717, 1.165) is 0 Å². The summed E-state index contributed by atoms with van der Waals surface area (Å²) in [6, 6.07) is 6.18. The predicted octanol–water partition coefficient (Wildman–Crippen LogP) is 2.26. The number of nitriles is 1. The minimum atomic E-state index is -0.524. The lowest BCUT2D eigenvalue weighted by Gasteiger charge is -2.03. The first-order chi connectivity index (χ1) is 6.66. The Bertz CT molecular complexity index is 400. The Hall–Kier alpha value is -1.61. The Morgan fingerprint density at radius 3 is 2.93 bits per heavy atom. The van der Waals surface area contributed by atoms with Gasteiger partial charge in [0.1, 0.15) is 16.3 Å². The van der Waals surface area contributed by atoms with Crippen molar-refractivity contribution in [2.75, 3.05) is 6.61 Å². The van der Waals surface area contributed by atoms with Crippen LogP contribution in [0.5, 0.6) is 5.75 Å². The summed E-state index contributed by atoms with van der Waals surface area (Å²) in [5.74, 6) is 0.292. The third-order valence-corrected chi connectivity index (χ3v) is 2.23. The van der Waals surface area contributed by atoms with Gasteiger partial charge in [0, 0.05) is 6.07 Å². The maximum atomic E-state index is 10.5. The van der Waals surface area contributed by atoms with Crippen molar-refractivity contribution >= 4 is 21.6 Å². The maximum absolute atomic E-state index is 10.5. The number of benzene rings is 1. The summed E-state index contributed by atoms with van der Waals surface area (Å²) in [5.41, 5.74) is -0.0829. The Morgan fingerprint density at radius 2 is 2.36 bits per heavy atom. The molecular formula is C8H5BrN2O3. The lowest BCUT2D eigenvalue weighted by atomic mass is 10.3. The van der Waals surface area contributed by atoms with Crippen LogP contribution in [0.4, 0.5) is 5.69 Å². The van der Waals surface area contributed by atoms with Gasteiger partial charge in [0.15, 0.2) is 6.61 Å². The molecule has 0 bridgehead atoms. The lowest BCUT2D eigenvalue weighted by Crippen LogP contribution is -1.96. The second kappa shape index (κ2) is 4.58. The van der Waals surface area contributed by atoms with Crippen LogP contribution in [0.25, 0.3) is 0 Å². The van der Waals surface area contributed by atoms with Gasteiger partial charge in [0.2, 0.25) is 0 Å². The Morgan fingerprint density at radius 1 is 1.64 bits per heavy atom. The highest BCUT2D eigenvalue weighted by atomic mass is 79.9. The molecule has 0 spiro atoms. The molecule has 0 heterocycles. The van der Waals surface area contributed by atoms with Crippen molar-refractivity contribution in [1.82, 2.24) is 0 Å². The van der Waals surface area contributed by atoms with E-state index < -0.39 is 4.92 Å². The molecule has 0 N–H and O–H groups in total. The van der Waals surface area contributed by atoms with Crippen molar-refractivity contribution in [1.29, 1.82) is 5.26 Å². The van der Waals surface area contributed by atoms with Crippen molar-refractivity contribution in [3.05, 3.63) is 32.8 Å². The van der Waals surface area contributed by atoms with Gasteiger partial charge in [-0.1, -0.05) is 6.07 Å². The number of hydrogen-bond acceptors (Lipinski definition) is 4. The molecule has 6 heteroatoms. The molecule has 0 amide bonds. The molecule has 0 saturated carbocycles. The van der Waals surface area contributed by atoms with Gasteiger partial charge in [-0.05, 0) is 22.0 Å². The van der Waals surface area contributed by atoms with Crippen LogP contribution in [0.2, 0.25) is 0 Å². The Labute approximate surface area is 88.2 Å². The molecular weight excluding hydrogens is 252 g/mol. The molecule has 0 unspecified atom stereocenters. The zero-order chi connectivity index (χ0) is 10.6. The van der Waals surface area contributed by atoms with E-state index in [1.165, 1.54) is 12.1 Å². The van der Waals surface area contributed by atoms with Crippen molar-refractivity contribution < 1.29 is 9.66 Å². The summed E-state index contributed by atoms with van der Waals surface area (Å²) in [5, 5.41) is 18.8. The van der Waals surface area contributed by atoms with E-state index in [4.69, 9.17) is 10.00 Å². The molecule has 0 aliphatic heterocycles. The van der Waals surface area contributed by atoms with E-state index in [0.29, 0.717) is 5.75 Å². The van der Waals surface area contributed by atoms with Crippen LogP contribution in [0, 0.1) is 21.4 Å². The van der Waals surface area contributed by atoms with E-state index in [1.807, 2.05) is 0 Å². The molecule has 0 aliphatic carbocycles. The minimum Gasteiger partial charge on any atom is -0.477 e. The molecule has 72 valence electrons. The second-order valence-corrected chi connectivity index (χ2v) is 3.09. The topological polar surface area (TPSA) is 76.2 Å². The summed E-state index contributed by atoms with van der Waals surface area (Å²) in [6.45, 7) is -0.139. The van der Waals surface area contributed by atoms with Gasteiger partial charge in [0.05, 0.1) is 4.92 Å². The summed E-state index contributed by atoms with van der Waals surface area (Å²) in [7, 11) is 0. The summed E-state index contributed by atoms with van der Waals surface area (Å²) in [4.78, 5) is 9.98. The first-order valence-electron chi connectivity index (χ1n) is 3.59. The fourth-order valence-corrected chi connectivity index (χ4v) is 1.39. The molecule has 5 nitrogen and oxygen atoms in total. The number of hydrogen-bond donors (Lipinski definition) is 0. The van der Waals surface area contributed by atoms with Crippen molar-refractivity contribution in [3.8, 4) is 11.8 Å². The third-order valence-electron chi connectivity index (χ3n) is 1.43. The highest BCUT2D eigenvalue weighted by Crippen LogP contribution is 2.33. The SMILES string of the molecule is N#CCOc1cccc([N+](=O)[O-])c1Br. The number of nitrogens with zero attached hydrogens (tertiary/aromatic N) is 2. The van der Waals surface area contributed by atoms with Crippen LogP contribution in [0.15, 0.2) is 22.7 Å². The number of rotatable bonds is 3. The van der Waals surface area contributed by atoms with Gasteiger partial charge < -0.3 is 4.74 Å². The second-order valence-electron chi connectivity index (χ2n) is 2.29. The largest absolute Gasteiger partial charge is 0.477 e. The highest BCUT2D eigenvalue weighted by molar-refractivity contribution is 9.10. The Balaban J connectivity index is 3.02. The van der Waals surface area contributed by atoms with Crippen molar-refractivity contribution in [3.63, 3.8) is 0 Å². The van der Waals surface area contributed by atoms with E-state index in [9.17, 15) is 10.1 Å². The zero-order valence-electron chi connectivity index (χ0n) is 6.94. The number of nitro groups is 1. The fourth-order valence-electron chi connectivity index (χ4n) is 0.862. The quantitative estimate of drug-likeness (QED) is 0.614. The van der Waals surface area contributed by atoms with Gasteiger partial charge in [-0.3, -0.25) is 10.1 Å². The fraction of sp³-hybridized carbons (Fsp3) is 0.125. The standard InChI is InChI=1S/C8H5BrN2O3/c9-8-6(11(12)13)2-1-3-7(8)14-5-4-10/h1-3H,5H2. The van der Waals surface area contributed by atoms with E-state index in [-0.39, 0.29) is 16.8 Å². The van der Waals surface area contributed by atoms with Gasteiger partial charge in [-0.25, -0.2) is 0 Å². The molecule has 0 fully saturated rings. The normalized spacial score (nSPS) is 9.14. The molecule has 0 aliphatic rings. The first-order valence-corrected chi connectivity index (χ1v) is 4.38. The molecule has 14 heavy (non-hydrogen) atoms. The third kappa shape index (κ3) is 2.20. The van der Waals surface area contributed by atoms with E-state index in [2.05, 4.69) is 15.9 Å². The van der Waals surface area contributed by atoms with Gasteiger partial charge in [0.25, 0.3) is 5.69 Å². The Kier molecular flexibility index (Phi) is 3.42. The van der Waals surface area contributed by atoms with Crippen LogP contribution in [0.3, 0.4) is 0 Å². The molecule has 0 saturated heterocycles. The van der Waals surface area contributed by atoms with Gasteiger partial charge in [-0.15, -0.1) is 0 Å². The van der Waals surface area contributed by atoms with Crippen LogP contribution < -0.4 is 4.74 Å². The minimum absolute atomic E-state index is 0.0829. The predicted molar refractivity (Wildman–Crippen MR) is 51.9 cm³/mol. The zero-order valence-corrected chi connectivity index (χ0v) is 8.52. The van der Waals surface area contributed by atoms with Crippen molar-refractivity contribution in [2.45, 2.75) is 0 Å². The number of nitro benzene ring substituents is 1. The molecule has 1 rings (SSSR count). The molecule has 0 radical (unpaired) electrons. The summed E-state index contributed by atoms with van der Waals surface area (Å²) in [6.07, 6.45) is 0. The van der Waals surface area contributed by atoms with Crippen LogP contribution in [-0.4, -0.2) is 11.5 Å². The van der Waals surface area contributed by atoms with E-state index in [1.54, 1.807) is 12.1 Å². The van der Waals surface area contributed by atoms with Crippen LogP contribution >= 0.6 is 15.9 Å². The first kappa shape index (κ1) is 10.5. The molecule has 0 atom stereocenters. The highest BCUT2D eigenvalue weighted by Gasteiger charge is 2.15.